The van der Waals surface area contributed by atoms with Crippen molar-refractivity contribution < 1.29 is 10.2 Å². The van der Waals surface area contributed by atoms with Gasteiger partial charge in [-0.2, -0.15) is 0 Å². The number of benzene rings is 1. The van der Waals surface area contributed by atoms with E-state index in [0.29, 0.717) is 10.6 Å². The fourth-order valence-electron chi connectivity index (χ4n) is 0.925. The third-order valence-corrected chi connectivity index (χ3v) is 1.73. The van der Waals surface area contributed by atoms with Gasteiger partial charge in [-0.25, -0.2) is 0 Å². The van der Waals surface area contributed by atoms with Crippen LogP contribution in [0.5, 0.6) is 5.75 Å². The van der Waals surface area contributed by atoms with Crippen LogP contribution in [0.1, 0.15) is 11.7 Å². The first-order valence-corrected chi connectivity index (χ1v) is 3.89. The lowest BCUT2D eigenvalue weighted by Crippen LogP contribution is -2.11. The molecule has 1 aromatic carbocycles. The van der Waals surface area contributed by atoms with E-state index >= 15 is 0 Å². The first kappa shape index (κ1) is 9.32. The zero-order chi connectivity index (χ0) is 9.14. The molecule has 0 heterocycles. The minimum atomic E-state index is -0.769. The maximum absolute atomic E-state index is 9.28. The molecule has 1 unspecified atom stereocenters. The molecule has 3 nitrogen and oxygen atoms in total. The number of halogens is 1. The maximum atomic E-state index is 9.28. The number of phenols is 1. The summed E-state index contributed by atoms with van der Waals surface area (Å²) in [6, 6.07) is 4.40. The Balaban J connectivity index is 3.00. The molecule has 0 aliphatic rings. The standard InChI is InChI=1S/C8H10ClNO2/c9-6-1-5(8(12)4-10)2-7(11)3-6/h1-3,8,11-12H,4,10H2. The van der Waals surface area contributed by atoms with Gasteiger partial charge >= 0.3 is 0 Å². The normalized spacial score (nSPS) is 12.9. The molecule has 0 aliphatic heterocycles. The van der Waals surface area contributed by atoms with E-state index in [1.807, 2.05) is 0 Å². The van der Waals surface area contributed by atoms with E-state index in [2.05, 4.69) is 0 Å². The number of aliphatic hydroxyl groups is 1. The van der Waals surface area contributed by atoms with Crippen LogP contribution in [0.15, 0.2) is 18.2 Å². The Hall–Kier alpha value is -0.770. The fourth-order valence-corrected chi connectivity index (χ4v) is 1.16. The lowest BCUT2D eigenvalue weighted by Gasteiger charge is -2.08. The Kier molecular flexibility index (Phi) is 2.92. The second kappa shape index (κ2) is 3.76. The van der Waals surface area contributed by atoms with Gasteiger partial charge in [-0.05, 0) is 23.8 Å². The molecule has 0 spiro atoms. The van der Waals surface area contributed by atoms with Crippen LogP contribution < -0.4 is 5.73 Å². The molecule has 0 fully saturated rings. The quantitative estimate of drug-likeness (QED) is 0.648. The number of phenolic OH excluding ortho intramolecular Hbond substituents is 1. The van der Waals surface area contributed by atoms with Crippen molar-refractivity contribution in [2.75, 3.05) is 6.54 Å². The summed E-state index contributed by atoms with van der Waals surface area (Å²) in [5.41, 5.74) is 5.76. The summed E-state index contributed by atoms with van der Waals surface area (Å²) in [5, 5.41) is 18.8. The topological polar surface area (TPSA) is 66.5 Å². The molecule has 1 aromatic rings. The molecule has 66 valence electrons. The van der Waals surface area contributed by atoms with Crippen molar-refractivity contribution in [2.24, 2.45) is 5.73 Å². The van der Waals surface area contributed by atoms with Gasteiger partial charge in [0.2, 0.25) is 0 Å². The Labute approximate surface area is 75.4 Å². The van der Waals surface area contributed by atoms with Crippen LogP contribution in [0.3, 0.4) is 0 Å². The summed E-state index contributed by atoms with van der Waals surface area (Å²) in [6.07, 6.45) is -0.769. The largest absolute Gasteiger partial charge is 0.508 e. The molecule has 4 heteroatoms. The molecule has 0 saturated heterocycles. The van der Waals surface area contributed by atoms with E-state index in [9.17, 15) is 5.11 Å². The van der Waals surface area contributed by atoms with Crippen LogP contribution in [0.4, 0.5) is 0 Å². The van der Waals surface area contributed by atoms with Crippen molar-refractivity contribution in [3.63, 3.8) is 0 Å². The van der Waals surface area contributed by atoms with Gasteiger partial charge in [-0.1, -0.05) is 11.6 Å². The second-order valence-electron chi connectivity index (χ2n) is 2.49. The van der Waals surface area contributed by atoms with Crippen molar-refractivity contribution in [1.29, 1.82) is 0 Å². The summed E-state index contributed by atoms with van der Waals surface area (Å²) in [5.74, 6) is 0.0324. The van der Waals surface area contributed by atoms with Gasteiger partial charge in [0.1, 0.15) is 5.75 Å². The molecule has 0 aromatic heterocycles. The van der Waals surface area contributed by atoms with Gasteiger partial charge in [0.15, 0.2) is 0 Å². The Morgan fingerprint density at radius 3 is 2.58 bits per heavy atom. The summed E-state index contributed by atoms with van der Waals surface area (Å²) < 4.78 is 0. The van der Waals surface area contributed by atoms with Crippen LogP contribution in [-0.4, -0.2) is 16.8 Å². The number of rotatable bonds is 2. The molecular formula is C8H10ClNO2. The monoisotopic (exact) mass is 187 g/mol. The third kappa shape index (κ3) is 2.11. The number of nitrogens with two attached hydrogens (primary N) is 1. The Morgan fingerprint density at radius 1 is 1.42 bits per heavy atom. The zero-order valence-electron chi connectivity index (χ0n) is 6.37. The van der Waals surface area contributed by atoms with Crippen molar-refractivity contribution in [3.8, 4) is 5.75 Å². The third-order valence-electron chi connectivity index (χ3n) is 1.51. The van der Waals surface area contributed by atoms with Crippen LogP contribution >= 0.6 is 11.6 Å². The van der Waals surface area contributed by atoms with Gasteiger partial charge in [0.25, 0.3) is 0 Å². The molecule has 4 N–H and O–H groups in total. The fraction of sp³-hybridized carbons (Fsp3) is 0.250. The number of hydrogen-bond donors (Lipinski definition) is 3. The molecule has 1 atom stereocenters. The SMILES string of the molecule is NCC(O)c1cc(O)cc(Cl)c1. The molecule has 0 amide bonds. The molecule has 0 saturated carbocycles. The maximum Gasteiger partial charge on any atom is 0.117 e. The number of aromatic hydroxyl groups is 1. The molecule has 12 heavy (non-hydrogen) atoms. The molecule has 0 radical (unpaired) electrons. The first-order valence-electron chi connectivity index (χ1n) is 3.51. The van der Waals surface area contributed by atoms with Gasteiger partial charge in [-0.3, -0.25) is 0 Å². The second-order valence-corrected chi connectivity index (χ2v) is 2.93. The highest BCUT2D eigenvalue weighted by Crippen LogP contribution is 2.23. The average Bonchev–Trinajstić information content (AvgIpc) is 2.01. The van der Waals surface area contributed by atoms with Crippen LogP contribution in [0.2, 0.25) is 5.02 Å². The Bertz CT molecular complexity index is 258. The summed E-state index contributed by atoms with van der Waals surface area (Å²) in [7, 11) is 0. The Morgan fingerprint density at radius 2 is 2.08 bits per heavy atom. The van der Waals surface area contributed by atoms with Crippen molar-refractivity contribution in [2.45, 2.75) is 6.10 Å². The highest BCUT2D eigenvalue weighted by Gasteiger charge is 2.06. The molecule has 0 bridgehead atoms. The summed E-state index contributed by atoms with van der Waals surface area (Å²) in [6.45, 7) is 0.111. The summed E-state index contributed by atoms with van der Waals surface area (Å²) in [4.78, 5) is 0. The van der Waals surface area contributed by atoms with E-state index in [1.165, 1.54) is 12.1 Å². The zero-order valence-corrected chi connectivity index (χ0v) is 7.12. The van der Waals surface area contributed by atoms with E-state index in [1.54, 1.807) is 6.07 Å². The smallest absolute Gasteiger partial charge is 0.117 e. The lowest BCUT2D eigenvalue weighted by atomic mass is 10.1. The van der Waals surface area contributed by atoms with Crippen LogP contribution in [0, 0.1) is 0 Å². The van der Waals surface area contributed by atoms with Gasteiger partial charge in [0.05, 0.1) is 6.10 Å². The minimum absolute atomic E-state index is 0.0324. The van der Waals surface area contributed by atoms with Crippen molar-refractivity contribution >= 4 is 11.6 Å². The number of aliphatic hydroxyl groups excluding tert-OH is 1. The highest BCUT2D eigenvalue weighted by molar-refractivity contribution is 6.30. The van der Waals surface area contributed by atoms with E-state index in [-0.39, 0.29) is 12.3 Å². The number of hydrogen-bond acceptors (Lipinski definition) is 3. The predicted octanol–water partition coefficient (Wildman–Crippen LogP) is 1.04. The van der Waals surface area contributed by atoms with Crippen LogP contribution in [-0.2, 0) is 0 Å². The molecule has 0 aliphatic carbocycles. The average molecular weight is 188 g/mol. The van der Waals surface area contributed by atoms with E-state index in [0.717, 1.165) is 0 Å². The van der Waals surface area contributed by atoms with Gasteiger partial charge < -0.3 is 15.9 Å². The van der Waals surface area contributed by atoms with Crippen LogP contribution in [0.25, 0.3) is 0 Å². The minimum Gasteiger partial charge on any atom is -0.508 e. The van der Waals surface area contributed by atoms with Crippen molar-refractivity contribution in [3.05, 3.63) is 28.8 Å². The van der Waals surface area contributed by atoms with E-state index < -0.39 is 6.10 Å². The molecule has 1 rings (SSSR count). The van der Waals surface area contributed by atoms with Gasteiger partial charge in [-0.15, -0.1) is 0 Å². The van der Waals surface area contributed by atoms with E-state index in [4.69, 9.17) is 22.4 Å². The predicted molar refractivity (Wildman–Crippen MR) is 47.1 cm³/mol. The lowest BCUT2D eigenvalue weighted by molar-refractivity contribution is 0.186. The highest BCUT2D eigenvalue weighted by atomic mass is 35.5. The van der Waals surface area contributed by atoms with Gasteiger partial charge in [0, 0.05) is 11.6 Å². The molecular weight excluding hydrogens is 178 g/mol. The first-order chi connectivity index (χ1) is 5.63. The summed E-state index contributed by atoms with van der Waals surface area (Å²) >= 11 is 5.64. The van der Waals surface area contributed by atoms with Crippen molar-refractivity contribution in [1.82, 2.24) is 0 Å².